The number of aryl methyl sites for hydroxylation is 1. The molecular formula is C8H11FO4S. The number of hydrogen-bond donors (Lipinski definition) is 2. The molecule has 1 aromatic carbocycles. The summed E-state index contributed by atoms with van der Waals surface area (Å²) in [6.07, 6.45) is 0. The Labute approximate surface area is 81.8 Å². The predicted molar refractivity (Wildman–Crippen MR) is 49.2 cm³/mol. The van der Waals surface area contributed by atoms with Gasteiger partial charge in [0.25, 0.3) is 10.1 Å². The predicted octanol–water partition coefficient (Wildman–Crippen LogP) is 1.15. The van der Waals surface area contributed by atoms with E-state index in [1.165, 1.54) is 12.1 Å². The van der Waals surface area contributed by atoms with E-state index in [0.29, 0.717) is 0 Å². The molecular weight excluding hydrogens is 211 g/mol. The Morgan fingerprint density at radius 3 is 1.93 bits per heavy atom. The fourth-order valence-corrected chi connectivity index (χ4v) is 1.19. The third-order valence-corrected chi connectivity index (χ3v) is 2.19. The van der Waals surface area contributed by atoms with Crippen LogP contribution < -0.4 is 0 Å². The van der Waals surface area contributed by atoms with Crippen molar-refractivity contribution in [2.75, 3.05) is 6.86 Å². The van der Waals surface area contributed by atoms with Crippen LogP contribution in [-0.2, 0) is 10.1 Å². The van der Waals surface area contributed by atoms with Gasteiger partial charge in [-0.15, -0.1) is 0 Å². The molecule has 0 aliphatic carbocycles. The van der Waals surface area contributed by atoms with E-state index in [9.17, 15) is 12.8 Å². The molecule has 0 amide bonds. The molecule has 0 heterocycles. The van der Waals surface area contributed by atoms with Gasteiger partial charge in [0.1, 0.15) is 0 Å². The lowest BCUT2D eigenvalue weighted by molar-refractivity contribution is 0.168. The molecule has 0 aromatic heterocycles. The molecule has 80 valence electrons. The van der Waals surface area contributed by atoms with Crippen LogP contribution in [0.1, 0.15) is 5.56 Å². The van der Waals surface area contributed by atoms with Gasteiger partial charge in [-0.3, -0.25) is 4.55 Å². The highest BCUT2D eigenvalue weighted by Crippen LogP contribution is 2.08. The van der Waals surface area contributed by atoms with E-state index in [2.05, 4.69) is 0 Å². The first-order valence-corrected chi connectivity index (χ1v) is 5.06. The lowest BCUT2D eigenvalue weighted by atomic mass is 10.2. The summed E-state index contributed by atoms with van der Waals surface area (Å²) < 4.78 is 39.4. The summed E-state index contributed by atoms with van der Waals surface area (Å²) in [5, 5.41) is 6.90. The molecule has 0 spiro atoms. The van der Waals surface area contributed by atoms with Crippen molar-refractivity contribution in [2.45, 2.75) is 11.8 Å². The first-order chi connectivity index (χ1) is 6.41. The smallest absolute Gasteiger partial charge is 0.294 e. The lowest BCUT2D eigenvalue weighted by Crippen LogP contribution is -1.96. The van der Waals surface area contributed by atoms with Crippen LogP contribution in [0.3, 0.4) is 0 Å². The van der Waals surface area contributed by atoms with E-state index in [0.717, 1.165) is 5.56 Å². The quantitative estimate of drug-likeness (QED) is 0.699. The normalized spacial score (nSPS) is 10.3. The summed E-state index contributed by atoms with van der Waals surface area (Å²) in [5.74, 6) is 0. The molecule has 1 aromatic rings. The molecule has 0 bridgehead atoms. The van der Waals surface area contributed by atoms with Crippen LogP contribution in [0, 0.1) is 6.92 Å². The van der Waals surface area contributed by atoms with E-state index in [-0.39, 0.29) is 4.90 Å². The molecule has 0 saturated carbocycles. The lowest BCUT2D eigenvalue weighted by Gasteiger charge is -1.95. The largest absolute Gasteiger partial charge is 0.366 e. The van der Waals surface area contributed by atoms with E-state index in [1.54, 1.807) is 12.1 Å². The summed E-state index contributed by atoms with van der Waals surface area (Å²) in [6.45, 7) is 0.591. The van der Waals surface area contributed by atoms with Crippen LogP contribution in [-0.4, -0.2) is 24.9 Å². The first kappa shape index (κ1) is 13.0. The maximum absolute atomic E-state index is 10.5. The summed E-state index contributed by atoms with van der Waals surface area (Å²) in [7, 11) is -4.02. The van der Waals surface area contributed by atoms with Crippen molar-refractivity contribution in [1.82, 2.24) is 0 Å². The third kappa shape index (κ3) is 4.90. The van der Waals surface area contributed by atoms with Crippen molar-refractivity contribution in [2.24, 2.45) is 0 Å². The van der Waals surface area contributed by atoms with Crippen molar-refractivity contribution in [3.63, 3.8) is 0 Å². The van der Waals surface area contributed by atoms with Gasteiger partial charge >= 0.3 is 0 Å². The SMILES string of the molecule is Cc1ccc(S(=O)(=O)O)cc1.OCF. The van der Waals surface area contributed by atoms with Gasteiger partial charge in [-0.2, -0.15) is 8.42 Å². The van der Waals surface area contributed by atoms with Crippen molar-refractivity contribution < 1.29 is 22.5 Å². The summed E-state index contributed by atoms with van der Waals surface area (Å²) in [4.78, 5) is -0.0666. The van der Waals surface area contributed by atoms with E-state index in [1.807, 2.05) is 6.92 Å². The number of aliphatic hydroxyl groups excluding tert-OH is 1. The Morgan fingerprint density at radius 2 is 1.64 bits per heavy atom. The van der Waals surface area contributed by atoms with Gasteiger partial charge in [-0.1, -0.05) is 17.7 Å². The summed E-state index contributed by atoms with van der Waals surface area (Å²) in [6, 6.07) is 5.99. The summed E-state index contributed by atoms with van der Waals surface area (Å²) in [5.41, 5.74) is 0.956. The van der Waals surface area contributed by atoms with Gasteiger partial charge in [0, 0.05) is 0 Å². The Morgan fingerprint density at radius 1 is 1.29 bits per heavy atom. The highest BCUT2D eigenvalue weighted by Gasteiger charge is 2.06. The molecule has 14 heavy (non-hydrogen) atoms. The van der Waals surface area contributed by atoms with Gasteiger partial charge in [-0.05, 0) is 19.1 Å². The second kappa shape index (κ2) is 5.69. The highest BCUT2D eigenvalue weighted by atomic mass is 32.2. The molecule has 1 rings (SSSR count). The van der Waals surface area contributed by atoms with Crippen molar-refractivity contribution >= 4 is 10.1 Å². The van der Waals surface area contributed by atoms with Gasteiger partial charge in [0.2, 0.25) is 0 Å². The topological polar surface area (TPSA) is 74.6 Å². The Hall–Kier alpha value is -0.980. The number of rotatable bonds is 1. The van der Waals surface area contributed by atoms with Crippen molar-refractivity contribution in [1.29, 1.82) is 0 Å². The fourth-order valence-electron chi connectivity index (χ4n) is 0.710. The second-order valence-electron chi connectivity index (χ2n) is 2.41. The molecule has 0 saturated heterocycles. The van der Waals surface area contributed by atoms with Gasteiger partial charge in [0.05, 0.1) is 4.90 Å². The van der Waals surface area contributed by atoms with E-state index < -0.39 is 17.0 Å². The fraction of sp³-hybridized carbons (Fsp3) is 0.250. The van der Waals surface area contributed by atoms with Crippen molar-refractivity contribution in [3.8, 4) is 0 Å². The maximum atomic E-state index is 10.5. The zero-order chi connectivity index (χ0) is 11.2. The number of aliphatic hydroxyl groups is 1. The Kier molecular flexibility index (Phi) is 5.29. The van der Waals surface area contributed by atoms with Crippen LogP contribution in [0.5, 0.6) is 0 Å². The minimum atomic E-state index is -4.02. The minimum Gasteiger partial charge on any atom is -0.366 e. The van der Waals surface area contributed by atoms with Crippen molar-refractivity contribution in [3.05, 3.63) is 29.8 Å². The third-order valence-electron chi connectivity index (χ3n) is 1.32. The molecule has 0 radical (unpaired) electrons. The zero-order valence-corrected chi connectivity index (χ0v) is 8.33. The number of alkyl halides is 1. The molecule has 0 aliphatic heterocycles. The van der Waals surface area contributed by atoms with E-state index >= 15 is 0 Å². The Balaban J connectivity index is 0.000000500. The molecule has 0 fully saturated rings. The number of halogens is 1. The summed E-state index contributed by atoms with van der Waals surface area (Å²) >= 11 is 0. The van der Waals surface area contributed by atoms with Gasteiger partial charge in [0.15, 0.2) is 6.86 Å². The van der Waals surface area contributed by atoms with Crippen LogP contribution in [0.4, 0.5) is 4.39 Å². The highest BCUT2D eigenvalue weighted by molar-refractivity contribution is 7.85. The second-order valence-corrected chi connectivity index (χ2v) is 3.83. The maximum Gasteiger partial charge on any atom is 0.294 e. The Bertz CT molecular complexity index is 357. The first-order valence-electron chi connectivity index (χ1n) is 3.62. The standard InChI is InChI=1S/C7H8O3S.CH3FO/c1-6-2-4-7(5-3-6)11(8,9)10;2-1-3/h2-5H,1H3,(H,8,9,10);3H,1H2. The molecule has 0 unspecified atom stereocenters. The van der Waals surface area contributed by atoms with Gasteiger partial charge < -0.3 is 5.11 Å². The monoisotopic (exact) mass is 222 g/mol. The molecule has 0 aliphatic rings. The minimum absolute atomic E-state index is 0.0666. The molecule has 4 nitrogen and oxygen atoms in total. The van der Waals surface area contributed by atoms with Crippen LogP contribution in [0.2, 0.25) is 0 Å². The number of hydrogen-bond acceptors (Lipinski definition) is 3. The van der Waals surface area contributed by atoms with Gasteiger partial charge in [-0.25, -0.2) is 4.39 Å². The number of benzene rings is 1. The zero-order valence-electron chi connectivity index (χ0n) is 7.51. The van der Waals surface area contributed by atoms with Crippen LogP contribution in [0.15, 0.2) is 29.2 Å². The average Bonchev–Trinajstić information content (AvgIpc) is 2.04. The molecule has 6 heteroatoms. The average molecular weight is 222 g/mol. The van der Waals surface area contributed by atoms with E-state index in [4.69, 9.17) is 9.66 Å². The molecule has 0 atom stereocenters. The van der Waals surface area contributed by atoms with Crippen LogP contribution in [0.25, 0.3) is 0 Å². The van der Waals surface area contributed by atoms with Crippen LogP contribution >= 0.6 is 0 Å². The molecule has 2 N–H and O–H groups in total.